The van der Waals surface area contributed by atoms with Crippen molar-refractivity contribution in [3.63, 3.8) is 0 Å². The van der Waals surface area contributed by atoms with Gasteiger partial charge in [-0.1, -0.05) is 30.7 Å². The summed E-state index contributed by atoms with van der Waals surface area (Å²) in [6.45, 7) is 4.06. The molecule has 1 aromatic rings. The standard InChI is InChI=1S/C12H16ClNO/c1-9-7-14-12(15-8-9)6-10-3-2-4-11(13)5-10/h2-5,9,12,14H,6-8H2,1H3. The van der Waals surface area contributed by atoms with Gasteiger partial charge >= 0.3 is 0 Å². The topological polar surface area (TPSA) is 21.3 Å². The van der Waals surface area contributed by atoms with Crippen LogP contribution in [0.3, 0.4) is 0 Å². The molecule has 1 aliphatic rings. The molecule has 2 rings (SSSR count). The summed E-state index contributed by atoms with van der Waals surface area (Å²) in [5.41, 5.74) is 1.22. The second-order valence-corrected chi connectivity index (χ2v) is 4.61. The van der Waals surface area contributed by atoms with Crippen molar-refractivity contribution in [3.8, 4) is 0 Å². The van der Waals surface area contributed by atoms with Gasteiger partial charge < -0.3 is 4.74 Å². The molecule has 3 heteroatoms. The third kappa shape index (κ3) is 3.20. The molecule has 0 aromatic heterocycles. The van der Waals surface area contributed by atoms with Crippen LogP contribution < -0.4 is 5.32 Å². The van der Waals surface area contributed by atoms with Crippen LogP contribution in [0.15, 0.2) is 24.3 Å². The van der Waals surface area contributed by atoms with Gasteiger partial charge in [-0.05, 0) is 23.6 Å². The van der Waals surface area contributed by atoms with E-state index in [-0.39, 0.29) is 6.23 Å². The first kappa shape index (κ1) is 10.9. The van der Waals surface area contributed by atoms with Crippen molar-refractivity contribution in [1.29, 1.82) is 0 Å². The largest absolute Gasteiger partial charge is 0.363 e. The van der Waals surface area contributed by atoms with Gasteiger partial charge in [0.1, 0.15) is 6.23 Å². The Hall–Kier alpha value is -0.570. The third-order valence-corrected chi connectivity index (χ3v) is 2.82. The summed E-state index contributed by atoms with van der Waals surface area (Å²) < 4.78 is 5.68. The molecule has 1 fully saturated rings. The molecule has 2 unspecified atom stereocenters. The summed E-state index contributed by atoms with van der Waals surface area (Å²) >= 11 is 5.92. The van der Waals surface area contributed by atoms with Crippen molar-refractivity contribution in [2.75, 3.05) is 13.2 Å². The highest BCUT2D eigenvalue weighted by Gasteiger charge is 2.17. The van der Waals surface area contributed by atoms with Gasteiger partial charge in [0.05, 0.1) is 6.61 Å². The van der Waals surface area contributed by atoms with Crippen LogP contribution in [-0.4, -0.2) is 19.4 Å². The zero-order valence-electron chi connectivity index (χ0n) is 8.87. The predicted molar refractivity (Wildman–Crippen MR) is 62.1 cm³/mol. The Balaban J connectivity index is 1.92. The van der Waals surface area contributed by atoms with E-state index in [9.17, 15) is 0 Å². The molecule has 0 amide bonds. The first-order chi connectivity index (χ1) is 7.24. The van der Waals surface area contributed by atoms with E-state index >= 15 is 0 Å². The highest BCUT2D eigenvalue weighted by atomic mass is 35.5. The van der Waals surface area contributed by atoms with Crippen molar-refractivity contribution >= 4 is 11.6 Å². The highest BCUT2D eigenvalue weighted by molar-refractivity contribution is 6.30. The van der Waals surface area contributed by atoms with E-state index in [2.05, 4.69) is 18.3 Å². The fourth-order valence-corrected chi connectivity index (χ4v) is 1.95. The maximum atomic E-state index is 5.92. The minimum Gasteiger partial charge on any atom is -0.363 e. The Labute approximate surface area is 95.6 Å². The van der Waals surface area contributed by atoms with Crippen LogP contribution in [0.4, 0.5) is 0 Å². The Morgan fingerprint density at radius 2 is 2.40 bits per heavy atom. The number of hydrogen-bond acceptors (Lipinski definition) is 2. The van der Waals surface area contributed by atoms with Crippen LogP contribution in [0.1, 0.15) is 12.5 Å². The molecule has 1 aliphatic heterocycles. The summed E-state index contributed by atoms with van der Waals surface area (Å²) in [7, 11) is 0. The first-order valence-corrected chi connectivity index (χ1v) is 5.71. The van der Waals surface area contributed by atoms with Crippen molar-refractivity contribution in [2.45, 2.75) is 19.6 Å². The maximum Gasteiger partial charge on any atom is 0.112 e. The molecule has 1 aromatic carbocycles. The number of nitrogens with one attached hydrogen (secondary N) is 1. The van der Waals surface area contributed by atoms with E-state index in [0.717, 1.165) is 24.6 Å². The molecular formula is C12H16ClNO. The zero-order valence-corrected chi connectivity index (χ0v) is 9.63. The molecule has 1 N–H and O–H groups in total. The molecule has 15 heavy (non-hydrogen) atoms. The number of ether oxygens (including phenoxy) is 1. The van der Waals surface area contributed by atoms with Crippen molar-refractivity contribution in [1.82, 2.24) is 5.32 Å². The highest BCUT2D eigenvalue weighted by Crippen LogP contribution is 2.14. The lowest BCUT2D eigenvalue weighted by Crippen LogP contribution is -2.43. The van der Waals surface area contributed by atoms with Crippen LogP contribution in [0.2, 0.25) is 5.02 Å². The molecular weight excluding hydrogens is 210 g/mol. The Kier molecular flexibility index (Phi) is 3.62. The second-order valence-electron chi connectivity index (χ2n) is 4.17. The minimum atomic E-state index is 0.139. The normalized spacial score (nSPS) is 26.5. The fourth-order valence-electron chi connectivity index (χ4n) is 1.74. The van der Waals surface area contributed by atoms with Crippen LogP contribution in [0.5, 0.6) is 0 Å². The van der Waals surface area contributed by atoms with Crippen LogP contribution >= 0.6 is 11.6 Å². The third-order valence-electron chi connectivity index (χ3n) is 2.59. The molecule has 2 atom stereocenters. The van der Waals surface area contributed by atoms with E-state index in [1.807, 2.05) is 18.2 Å². The SMILES string of the molecule is CC1CNC(Cc2cccc(Cl)c2)OC1. The van der Waals surface area contributed by atoms with E-state index < -0.39 is 0 Å². The summed E-state index contributed by atoms with van der Waals surface area (Å²) in [6, 6.07) is 7.94. The average molecular weight is 226 g/mol. The second kappa shape index (κ2) is 4.97. The molecule has 0 saturated carbocycles. The van der Waals surface area contributed by atoms with Gasteiger partial charge in [-0.25, -0.2) is 0 Å². The molecule has 1 heterocycles. The van der Waals surface area contributed by atoms with Gasteiger partial charge in [0.15, 0.2) is 0 Å². The molecule has 82 valence electrons. The Morgan fingerprint density at radius 3 is 3.07 bits per heavy atom. The lowest BCUT2D eigenvalue weighted by molar-refractivity contribution is -0.0228. The lowest BCUT2D eigenvalue weighted by atomic mass is 10.1. The van der Waals surface area contributed by atoms with Crippen molar-refractivity contribution in [3.05, 3.63) is 34.9 Å². The van der Waals surface area contributed by atoms with E-state index in [1.54, 1.807) is 0 Å². The van der Waals surface area contributed by atoms with Crippen molar-refractivity contribution in [2.24, 2.45) is 5.92 Å². The number of halogens is 1. The summed E-state index contributed by atoms with van der Waals surface area (Å²) in [4.78, 5) is 0. The summed E-state index contributed by atoms with van der Waals surface area (Å²) in [5, 5.41) is 4.16. The minimum absolute atomic E-state index is 0.139. The first-order valence-electron chi connectivity index (χ1n) is 5.33. The van der Waals surface area contributed by atoms with Crippen LogP contribution in [-0.2, 0) is 11.2 Å². The molecule has 2 nitrogen and oxygen atoms in total. The van der Waals surface area contributed by atoms with E-state index in [0.29, 0.717) is 5.92 Å². The van der Waals surface area contributed by atoms with Gasteiger partial charge in [-0.15, -0.1) is 0 Å². The Morgan fingerprint density at radius 1 is 1.53 bits per heavy atom. The number of benzene rings is 1. The zero-order chi connectivity index (χ0) is 10.7. The molecule has 0 bridgehead atoms. The molecule has 0 spiro atoms. The molecule has 0 aliphatic carbocycles. The molecule has 0 radical (unpaired) electrons. The number of rotatable bonds is 2. The van der Waals surface area contributed by atoms with Gasteiger partial charge in [0.2, 0.25) is 0 Å². The van der Waals surface area contributed by atoms with Crippen molar-refractivity contribution < 1.29 is 4.74 Å². The quantitative estimate of drug-likeness (QED) is 0.835. The van der Waals surface area contributed by atoms with Gasteiger partial charge in [-0.3, -0.25) is 5.32 Å². The Bertz CT molecular complexity index is 321. The van der Waals surface area contributed by atoms with E-state index in [1.165, 1.54) is 5.56 Å². The van der Waals surface area contributed by atoms with Gasteiger partial charge in [0.25, 0.3) is 0 Å². The smallest absolute Gasteiger partial charge is 0.112 e. The van der Waals surface area contributed by atoms with E-state index in [4.69, 9.17) is 16.3 Å². The maximum absolute atomic E-state index is 5.92. The number of hydrogen-bond donors (Lipinski definition) is 1. The average Bonchev–Trinajstić information content (AvgIpc) is 2.22. The van der Waals surface area contributed by atoms with Gasteiger partial charge in [0, 0.05) is 18.0 Å². The summed E-state index contributed by atoms with van der Waals surface area (Å²) in [5.74, 6) is 0.612. The van der Waals surface area contributed by atoms with Gasteiger partial charge in [-0.2, -0.15) is 0 Å². The summed E-state index contributed by atoms with van der Waals surface area (Å²) in [6.07, 6.45) is 1.02. The molecule has 1 saturated heterocycles. The van der Waals surface area contributed by atoms with Crippen LogP contribution in [0, 0.1) is 5.92 Å². The fraction of sp³-hybridized carbons (Fsp3) is 0.500. The monoisotopic (exact) mass is 225 g/mol. The van der Waals surface area contributed by atoms with Crippen LogP contribution in [0.25, 0.3) is 0 Å². The predicted octanol–water partition coefficient (Wildman–Crippen LogP) is 2.46. The lowest BCUT2D eigenvalue weighted by Gasteiger charge is -2.28.